The molecule has 0 atom stereocenters. The molecule has 166 valence electrons. The van der Waals surface area contributed by atoms with Crippen molar-refractivity contribution in [2.75, 3.05) is 25.5 Å². The molecule has 0 saturated heterocycles. The number of carbonyl (C=O) groups excluding carboxylic acids is 1. The van der Waals surface area contributed by atoms with Crippen LogP contribution in [0, 0.1) is 5.82 Å². The van der Waals surface area contributed by atoms with E-state index < -0.39 is 0 Å². The van der Waals surface area contributed by atoms with Crippen molar-refractivity contribution in [1.29, 1.82) is 0 Å². The molecule has 3 aromatic carbocycles. The summed E-state index contributed by atoms with van der Waals surface area (Å²) in [7, 11) is 4.08. The molecule has 0 bridgehead atoms. The fraction of sp³-hybridized carbons (Fsp3) is 0.214. The Kier molecular flexibility index (Phi) is 5.55. The molecule has 1 aliphatic rings. The summed E-state index contributed by atoms with van der Waals surface area (Å²) >= 11 is 0. The third kappa shape index (κ3) is 4.31. The number of anilines is 1. The SMILES string of the molecule is CN(C)c1cccc(-c2ccc3c(c2)CCN(C(=O)Cc2cc4cccnc4cc2F)C3)c1. The van der Waals surface area contributed by atoms with Crippen molar-refractivity contribution in [2.24, 2.45) is 0 Å². The van der Waals surface area contributed by atoms with Gasteiger partial charge in [0.25, 0.3) is 0 Å². The van der Waals surface area contributed by atoms with Crippen molar-refractivity contribution < 1.29 is 9.18 Å². The minimum Gasteiger partial charge on any atom is -0.378 e. The second-order valence-electron chi connectivity index (χ2n) is 8.81. The van der Waals surface area contributed by atoms with Gasteiger partial charge in [0, 0.05) is 50.5 Å². The van der Waals surface area contributed by atoms with E-state index in [0.29, 0.717) is 24.2 Å². The van der Waals surface area contributed by atoms with Gasteiger partial charge in [-0.25, -0.2) is 4.39 Å². The highest BCUT2D eigenvalue weighted by atomic mass is 19.1. The molecule has 1 aliphatic heterocycles. The molecule has 0 saturated carbocycles. The molecule has 4 aromatic rings. The minimum atomic E-state index is -0.378. The Balaban J connectivity index is 1.33. The Morgan fingerprint density at radius 2 is 1.85 bits per heavy atom. The van der Waals surface area contributed by atoms with E-state index in [-0.39, 0.29) is 18.1 Å². The Labute approximate surface area is 193 Å². The summed E-state index contributed by atoms with van der Waals surface area (Å²) < 4.78 is 14.6. The average Bonchev–Trinajstić information content (AvgIpc) is 2.84. The van der Waals surface area contributed by atoms with Crippen LogP contribution >= 0.6 is 0 Å². The number of halogens is 1. The van der Waals surface area contributed by atoms with Crippen LogP contribution in [0.2, 0.25) is 0 Å². The van der Waals surface area contributed by atoms with E-state index in [0.717, 1.165) is 17.4 Å². The maximum absolute atomic E-state index is 14.6. The molecule has 0 aliphatic carbocycles. The number of hydrogen-bond acceptors (Lipinski definition) is 3. The zero-order valence-electron chi connectivity index (χ0n) is 18.9. The molecule has 0 N–H and O–H groups in total. The number of pyridine rings is 1. The molecule has 0 radical (unpaired) electrons. The highest BCUT2D eigenvalue weighted by Crippen LogP contribution is 2.29. The van der Waals surface area contributed by atoms with Crippen LogP contribution in [0.3, 0.4) is 0 Å². The van der Waals surface area contributed by atoms with Crippen molar-refractivity contribution in [2.45, 2.75) is 19.4 Å². The number of aromatic nitrogens is 1. The Morgan fingerprint density at radius 1 is 1.00 bits per heavy atom. The monoisotopic (exact) mass is 439 g/mol. The fourth-order valence-electron chi connectivity index (χ4n) is 4.46. The molecule has 5 rings (SSSR count). The molecule has 0 spiro atoms. The number of benzene rings is 3. The van der Waals surface area contributed by atoms with Crippen molar-refractivity contribution in [1.82, 2.24) is 9.88 Å². The quantitative estimate of drug-likeness (QED) is 0.437. The summed E-state index contributed by atoms with van der Waals surface area (Å²) in [4.78, 5) is 21.1. The van der Waals surface area contributed by atoms with E-state index in [1.807, 2.05) is 31.1 Å². The van der Waals surface area contributed by atoms with E-state index in [1.165, 1.54) is 28.4 Å². The molecule has 1 aromatic heterocycles. The number of amides is 1. The van der Waals surface area contributed by atoms with E-state index in [9.17, 15) is 9.18 Å². The van der Waals surface area contributed by atoms with Crippen LogP contribution in [0.4, 0.5) is 10.1 Å². The van der Waals surface area contributed by atoms with Crippen molar-refractivity contribution in [3.05, 3.63) is 95.4 Å². The standard InChI is InChI=1S/C28H26FN3O/c1-31(2)25-7-3-5-19(15-25)20-8-9-23-18-32(12-10-21(23)13-20)28(33)16-24-14-22-6-4-11-30-27(22)17-26(24)29/h3-9,11,13-15,17H,10,12,16,18H2,1-2H3. The molecule has 1 amide bonds. The van der Waals surface area contributed by atoms with Gasteiger partial charge in [0.15, 0.2) is 0 Å². The molecular weight excluding hydrogens is 413 g/mol. The Morgan fingerprint density at radius 3 is 2.70 bits per heavy atom. The van der Waals surface area contributed by atoms with E-state index >= 15 is 0 Å². The molecule has 4 nitrogen and oxygen atoms in total. The first-order chi connectivity index (χ1) is 16.0. The van der Waals surface area contributed by atoms with Gasteiger partial charge < -0.3 is 9.80 Å². The third-order valence-corrected chi connectivity index (χ3v) is 6.38. The topological polar surface area (TPSA) is 36.4 Å². The maximum atomic E-state index is 14.6. The van der Waals surface area contributed by atoms with E-state index in [1.54, 1.807) is 12.3 Å². The molecule has 33 heavy (non-hydrogen) atoms. The van der Waals surface area contributed by atoms with E-state index in [2.05, 4.69) is 52.3 Å². The number of nitrogens with zero attached hydrogens (tertiary/aromatic N) is 3. The second-order valence-corrected chi connectivity index (χ2v) is 8.81. The van der Waals surface area contributed by atoms with Gasteiger partial charge >= 0.3 is 0 Å². The summed E-state index contributed by atoms with van der Waals surface area (Å²) in [5.41, 5.74) is 6.99. The third-order valence-electron chi connectivity index (χ3n) is 6.38. The normalized spacial score (nSPS) is 13.1. The number of fused-ring (bicyclic) bond motifs is 2. The van der Waals surface area contributed by atoms with Gasteiger partial charge in [0.05, 0.1) is 11.9 Å². The smallest absolute Gasteiger partial charge is 0.227 e. The van der Waals surface area contributed by atoms with Crippen LogP contribution in [0.1, 0.15) is 16.7 Å². The first-order valence-electron chi connectivity index (χ1n) is 11.2. The molecular formula is C28H26FN3O. The van der Waals surface area contributed by atoms with Crippen LogP contribution in [-0.2, 0) is 24.2 Å². The summed E-state index contributed by atoms with van der Waals surface area (Å²) in [5, 5.41) is 0.844. The van der Waals surface area contributed by atoms with Crippen LogP contribution in [0.25, 0.3) is 22.0 Å². The van der Waals surface area contributed by atoms with Crippen LogP contribution < -0.4 is 4.90 Å². The van der Waals surface area contributed by atoms with Crippen LogP contribution in [0.5, 0.6) is 0 Å². The predicted octanol–water partition coefficient (Wildman–Crippen LogP) is 5.23. The summed E-state index contributed by atoms with van der Waals surface area (Å²) in [6.07, 6.45) is 2.50. The van der Waals surface area contributed by atoms with E-state index in [4.69, 9.17) is 0 Å². The summed E-state index contributed by atoms with van der Waals surface area (Å²) in [6.45, 7) is 1.20. The van der Waals surface area contributed by atoms with Crippen molar-refractivity contribution >= 4 is 22.5 Å². The van der Waals surface area contributed by atoms with Gasteiger partial charge in [-0.05, 0) is 58.5 Å². The predicted molar refractivity (Wildman–Crippen MR) is 131 cm³/mol. The van der Waals surface area contributed by atoms with Gasteiger partial charge in [0.1, 0.15) is 5.82 Å². The van der Waals surface area contributed by atoms with Gasteiger partial charge in [-0.2, -0.15) is 0 Å². The van der Waals surface area contributed by atoms with Gasteiger partial charge in [-0.1, -0.05) is 36.4 Å². The van der Waals surface area contributed by atoms with Gasteiger partial charge in [-0.15, -0.1) is 0 Å². The summed E-state index contributed by atoms with van der Waals surface area (Å²) in [5.74, 6) is -0.429. The van der Waals surface area contributed by atoms with Crippen LogP contribution in [-0.4, -0.2) is 36.4 Å². The van der Waals surface area contributed by atoms with Crippen LogP contribution in [0.15, 0.2) is 72.9 Å². The van der Waals surface area contributed by atoms with Crippen molar-refractivity contribution in [3.63, 3.8) is 0 Å². The Hall–Kier alpha value is -3.73. The van der Waals surface area contributed by atoms with Gasteiger partial charge in [0.2, 0.25) is 5.91 Å². The zero-order valence-corrected chi connectivity index (χ0v) is 18.9. The summed E-state index contributed by atoms with van der Waals surface area (Å²) in [6, 6.07) is 21.8. The lowest BCUT2D eigenvalue weighted by Gasteiger charge is -2.29. The first kappa shape index (κ1) is 21.1. The lowest BCUT2D eigenvalue weighted by Crippen LogP contribution is -2.37. The number of rotatable bonds is 4. The lowest BCUT2D eigenvalue weighted by atomic mass is 9.94. The molecule has 5 heteroatoms. The van der Waals surface area contributed by atoms with Crippen molar-refractivity contribution in [3.8, 4) is 11.1 Å². The highest BCUT2D eigenvalue weighted by molar-refractivity contribution is 5.83. The second kappa shape index (κ2) is 8.66. The van der Waals surface area contributed by atoms with Gasteiger partial charge in [-0.3, -0.25) is 9.78 Å². The fourth-order valence-corrected chi connectivity index (χ4v) is 4.46. The Bertz CT molecular complexity index is 1350. The largest absolute Gasteiger partial charge is 0.378 e. The molecule has 0 unspecified atom stereocenters. The number of hydrogen-bond donors (Lipinski definition) is 0. The molecule has 2 heterocycles. The number of carbonyl (C=O) groups is 1. The first-order valence-corrected chi connectivity index (χ1v) is 11.2. The lowest BCUT2D eigenvalue weighted by molar-refractivity contribution is -0.131. The average molecular weight is 440 g/mol. The minimum absolute atomic E-state index is 0.0504. The highest BCUT2D eigenvalue weighted by Gasteiger charge is 2.22. The molecule has 0 fully saturated rings. The maximum Gasteiger partial charge on any atom is 0.227 e. The zero-order chi connectivity index (χ0) is 22.9.